The number of hydrogen-bond acceptors (Lipinski definition) is 6. The van der Waals surface area contributed by atoms with E-state index >= 15 is 0 Å². The van der Waals surface area contributed by atoms with Crippen molar-refractivity contribution >= 4 is 11.9 Å². The molecule has 4 aliphatic rings. The van der Waals surface area contributed by atoms with E-state index < -0.39 is 5.82 Å². The van der Waals surface area contributed by atoms with Gasteiger partial charge in [-0.05, 0) is 67.2 Å². The zero-order valence-electron chi connectivity index (χ0n) is 18.4. The third-order valence-electron chi connectivity index (χ3n) is 7.50. The molecular formula is C24H26FN7O. The van der Waals surface area contributed by atoms with Gasteiger partial charge in [-0.15, -0.1) is 0 Å². The number of nitrogens with zero attached hydrogens (tertiary/aromatic N) is 6. The number of aromatic nitrogens is 5. The maximum Gasteiger partial charge on any atom is 0.256 e. The molecule has 33 heavy (non-hydrogen) atoms. The first-order valence-electron chi connectivity index (χ1n) is 11.6. The summed E-state index contributed by atoms with van der Waals surface area (Å²) in [5.41, 5.74) is 1.94. The van der Waals surface area contributed by atoms with Crippen LogP contribution in [0.15, 0.2) is 43.0 Å². The number of rotatable bonds is 6. The topological polar surface area (TPSA) is 88.8 Å². The van der Waals surface area contributed by atoms with E-state index in [0.717, 1.165) is 12.8 Å². The van der Waals surface area contributed by atoms with Crippen LogP contribution in [-0.2, 0) is 0 Å². The van der Waals surface area contributed by atoms with Crippen LogP contribution in [0.5, 0.6) is 0 Å². The Morgan fingerprint density at radius 2 is 1.88 bits per heavy atom. The Morgan fingerprint density at radius 3 is 2.58 bits per heavy atom. The maximum atomic E-state index is 14.2. The molecule has 7 rings (SSSR count). The monoisotopic (exact) mass is 447 g/mol. The molecule has 4 heterocycles. The second-order valence-electron chi connectivity index (χ2n) is 9.50. The van der Waals surface area contributed by atoms with Gasteiger partial charge in [0.15, 0.2) is 0 Å². The lowest BCUT2D eigenvalue weighted by Gasteiger charge is -2.57. The number of carbonyl (C=O) groups excluding carboxylic acids is 1. The third-order valence-corrected chi connectivity index (χ3v) is 7.50. The van der Waals surface area contributed by atoms with E-state index in [1.54, 1.807) is 18.5 Å². The van der Waals surface area contributed by atoms with Gasteiger partial charge in [0.2, 0.25) is 5.95 Å². The van der Waals surface area contributed by atoms with Gasteiger partial charge in [0.25, 0.3) is 5.91 Å². The minimum absolute atomic E-state index is 0.0385. The summed E-state index contributed by atoms with van der Waals surface area (Å²) in [6.07, 6.45) is 11.3. The van der Waals surface area contributed by atoms with Crippen molar-refractivity contribution in [3.63, 3.8) is 0 Å². The van der Waals surface area contributed by atoms with Gasteiger partial charge >= 0.3 is 0 Å². The Balaban J connectivity index is 1.26. The van der Waals surface area contributed by atoms with Gasteiger partial charge in [-0.2, -0.15) is 15.0 Å². The van der Waals surface area contributed by atoms with E-state index in [4.69, 9.17) is 0 Å². The standard InChI is InChI=1S/C24H26FN7O/c1-14-16-8-19(9-16)31(22(14)13-28-24-26-11-17(12-27-24)15-2-3-15)23(33)20-10-18(25)4-5-21(20)32-29-6-7-30-32/h4-7,10-12,14-16,19,22H,2-3,8-9,13H2,1H3,(H,26,27,28)/t14-,16?,19?,22-/m1/s1. The van der Waals surface area contributed by atoms with E-state index in [9.17, 15) is 9.18 Å². The van der Waals surface area contributed by atoms with Crippen LogP contribution in [0.25, 0.3) is 5.69 Å². The largest absolute Gasteiger partial charge is 0.352 e. The molecule has 2 saturated carbocycles. The third kappa shape index (κ3) is 3.65. The van der Waals surface area contributed by atoms with Crippen LogP contribution in [0.3, 0.4) is 0 Å². The van der Waals surface area contributed by atoms with Gasteiger partial charge in [0.05, 0.1) is 29.7 Å². The first-order chi connectivity index (χ1) is 16.1. The number of anilines is 1. The first kappa shape index (κ1) is 20.3. The second kappa shape index (κ2) is 7.90. The molecule has 9 heteroatoms. The summed E-state index contributed by atoms with van der Waals surface area (Å²) in [7, 11) is 0. The summed E-state index contributed by atoms with van der Waals surface area (Å²) >= 11 is 0. The first-order valence-corrected chi connectivity index (χ1v) is 11.6. The number of piperidine rings is 2. The Morgan fingerprint density at radius 1 is 1.15 bits per heavy atom. The predicted octanol–water partition coefficient (Wildman–Crippen LogP) is 3.43. The molecule has 1 amide bonds. The molecule has 2 aromatic heterocycles. The van der Waals surface area contributed by atoms with Crippen molar-refractivity contribution in [2.24, 2.45) is 11.8 Å². The number of nitrogens with one attached hydrogen (secondary N) is 1. The SMILES string of the molecule is C[C@@H]1C2CC(C2)N(C(=O)c2cc(F)ccc2-n2nccn2)[C@@H]1CNc1ncc(C2CC2)cn1. The Kier molecular flexibility index (Phi) is 4.85. The van der Waals surface area contributed by atoms with Gasteiger partial charge < -0.3 is 10.2 Å². The van der Waals surface area contributed by atoms with Crippen LogP contribution in [0, 0.1) is 17.7 Å². The fourth-order valence-electron chi connectivity index (χ4n) is 5.31. The zero-order chi connectivity index (χ0) is 22.5. The highest BCUT2D eigenvalue weighted by atomic mass is 19.1. The number of halogens is 1. The molecule has 3 aromatic rings. The summed E-state index contributed by atoms with van der Waals surface area (Å²) < 4.78 is 14.2. The van der Waals surface area contributed by atoms with Crippen molar-refractivity contribution in [3.8, 4) is 5.69 Å². The van der Waals surface area contributed by atoms with Crippen LogP contribution in [0.1, 0.15) is 54.4 Å². The molecule has 0 spiro atoms. The summed E-state index contributed by atoms with van der Waals surface area (Å²) in [5, 5.41) is 11.6. The molecule has 2 aliphatic heterocycles. The second-order valence-corrected chi connectivity index (χ2v) is 9.50. The number of fused-ring (bicyclic) bond motifs is 2. The van der Waals surface area contributed by atoms with Gasteiger partial charge in [0.1, 0.15) is 5.82 Å². The van der Waals surface area contributed by atoms with Crippen molar-refractivity contribution in [2.75, 3.05) is 11.9 Å². The summed E-state index contributed by atoms with van der Waals surface area (Å²) in [6, 6.07) is 4.30. The highest BCUT2D eigenvalue weighted by Gasteiger charge is 2.50. The fraction of sp³-hybridized carbons (Fsp3) is 0.458. The van der Waals surface area contributed by atoms with Crippen LogP contribution >= 0.6 is 0 Å². The molecule has 4 fully saturated rings. The molecule has 0 radical (unpaired) electrons. The van der Waals surface area contributed by atoms with E-state index in [1.165, 1.54) is 35.3 Å². The van der Waals surface area contributed by atoms with Gasteiger partial charge in [0, 0.05) is 25.0 Å². The fourth-order valence-corrected chi connectivity index (χ4v) is 5.31. The van der Waals surface area contributed by atoms with Gasteiger partial charge in [-0.25, -0.2) is 14.4 Å². The number of benzene rings is 1. The van der Waals surface area contributed by atoms with Crippen LogP contribution in [-0.4, -0.2) is 54.4 Å². The normalized spacial score (nSPS) is 26.1. The average molecular weight is 448 g/mol. The van der Waals surface area contributed by atoms with Crippen LogP contribution in [0.2, 0.25) is 0 Å². The predicted molar refractivity (Wildman–Crippen MR) is 119 cm³/mol. The van der Waals surface area contributed by atoms with E-state index in [1.807, 2.05) is 17.3 Å². The smallest absolute Gasteiger partial charge is 0.256 e. The summed E-state index contributed by atoms with van der Waals surface area (Å²) in [5.74, 6) is 1.46. The molecule has 2 aliphatic carbocycles. The van der Waals surface area contributed by atoms with Crippen molar-refractivity contribution in [1.29, 1.82) is 0 Å². The number of amides is 1. The zero-order valence-corrected chi connectivity index (χ0v) is 18.4. The summed E-state index contributed by atoms with van der Waals surface area (Å²) in [6.45, 7) is 2.75. The molecule has 0 unspecified atom stereocenters. The summed E-state index contributed by atoms with van der Waals surface area (Å²) in [4.78, 5) is 26.1. The van der Waals surface area contributed by atoms with Gasteiger partial charge in [-0.1, -0.05) is 6.92 Å². The Hall–Kier alpha value is -3.36. The van der Waals surface area contributed by atoms with Crippen molar-refractivity contribution in [1.82, 2.24) is 29.9 Å². The molecule has 170 valence electrons. The lowest BCUT2D eigenvalue weighted by Crippen LogP contribution is -2.64. The molecule has 1 aromatic carbocycles. The minimum atomic E-state index is -0.454. The average Bonchev–Trinajstić information content (AvgIpc) is 3.51. The van der Waals surface area contributed by atoms with Crippen LogP contribution in [0.4, 0.5) is 10.3 Å². The Bertz CT molecular complexity index is 1160. The number of carbonyl (C=O) groups is 1. The molecule has 2 saturated heterocycles. The Labute approximate surface area is 191 Å². The van der Waals surface area contributed by atoms with E-state index in [2.05, 4.69) is 32.4 Å². The van der Waals surface area contributed by atoms with Crippen molar-refractivity contribution < 1.29 is 9.18 Å². The van der Waals surface area contributed by atoms with Crippen molar-refractivity contribution in [3.05, 3.63) is 59.9 Å². The molecule has 2 atom stereocenters. The highest BCUT2D eigenvalue weighted by Crippen LogP contribution is 2.47. The number of hydrogen-bond donors (Lipinski definition) is 1. The van der Waals surface area contributed by atoms with Gasteiger partial charge in [-0.3, -0.25) is 4.79 Å². The molecule has 8 nitrogen and oxygen atoms in total. The maximum absolute atomic E-state index is 14.2. The quantitative estimate of drug-likeness (QED) is 0.623. The van der Waals surface area contributed by atoms with Crippen molar-refractivity contribution in [2.45, 2.75) is 50.6 Å². The van der Waals surface area contributed by atoms with E-state index in [0.29, 0.717) is 35.9 Å². The molecule has 1 N–H and O–H groups in total. The minimum Gasteiger partial charge on any atom is -0.352 e. The lowest BCUT2D eigenvalue weighted by molar-refractivity contribution is -0.0502. The molecular weight excluding hydrogens is 421 g/mol. The van der Waals surface area contributed by atoms with Crippen LogP contribution < -0.4 is 5.32 Å². The molecule has 2 bridgehead atoms. The lowest BCUT2D eigenvalue weighted by atomic mass is 9.64. The van der Waals surface area contributed by atoms with E-state index in [-0.39, 0.29) is 23.6 Å². The highest BCUT2D eigenvalue weighted by molar-refractivity contribution is 5.98.